The van der Waals surface area contributed by atoms with Crippen molar-refractivity contribution in [3.8, 4) is 5.75 Å². The van der Waals surface area contributed by atoms with Gasteiger partial charge in [-0.25, -0.2) is 4.39 Å². The molecule has 2 aliphatic carbocycles. The van der Waals surface area contributed by atoms with Gasteiger partial charge in [-0.05, 0) is 44.1 Å². The quantitative estimate of drug-likeness (QED) is 0.507. The van der Waals surface area contributed by atoms with Crippen molar-refractivity contribution in [1.82, 2.24) is 4.98 Å². The van der Waals surface area contributed by atoms with Crippen molar-refractivity contribution >= 4 is 29.2 Å². The molecule has 5 rings (SSSR count). The molecule has 2 saturated carbocycles. The normalized spacial score (nSPS) is 24.7. The van der Waals surface area contributed by atoms with Crippen molar-refractivity contribution in [2.24, 2.45) is 11.8 Å². The third-order valence-corrected chi connectivity index (χ3v) is 7.10. The summed E-state index contributed by atoms with van der Waals surface area (Å²) in [4.78, 5) is 18.4. The van der Waals surface area contributed by atoms with Crippen LogP contribution in [0.15, 0.2) is 16.5 Å². The van der Waals surface area contributed by atoms with E-state index in [0.717, 1.165) is 18.9 Å². The maximum Gasteiger partial charge on any atom is 0.396 e. The number of hydrogen-bond donors (Lipinski definition) is 1. The summed E-state index contributed by atoms with van der Waals surface area (Å²) in [6.45, 7) is 2.50. The molecule has 2 aromatic rings. The second-order valence-corrected chi connectivity index (χ2v) is 10.2. The van der Waals surface area contributed by atoms with Gasteiger partial charge in [-0.15, -0.1) is 0 Å². The van der Waals surface area contributed by atoms with Crippen LogP contribution in [-0.4, -0.2) is 49.0 Å². The summed E-state index contributed by atoms with van der Waals surface area (Å²) < 4.78 is 70.4. The zero-order valence-corrected chi connectivity index (χ0v) is 19.8. The average molecular weight is 518 g/mol. The lowest BCUT2D eigenvalue weighted by atomic mass is 9.97. The smallest absolute Gasteiger partial charge is 0.396 e. The number of oxazole rings is 1. The van der Waals surface area contributed by atoms with Crippen molar-refractivity contribution in [2.45, 2.75) is 50.5 Å². The molecular formula is C23H24ClF4N3O4. The molecular weight excluding hydrogens is 494 g/mol. The van der Waals surface area contributed by atoms with Crippen LogP contribution in [0.1, 0.15) is 42.4 Å². The van der Waals surface area contributed by atoms with Crippen molar-refractivity contribution < 1.29 is 36.2 Å². The number of hydrogen-bond acceptors (Lipinski definition) is 6. The van der Waals surface area contributed by atoms with E-state index in [1.54, 1.807) is 4.90 Å². The van der Waals surface area contributed by atoms with Gasteiger partial charge in [0.2, 0.25) is 0 Å². The summed E-state index contributed by atoms with van der Waals surface area (Å²) in [5.74, 6) is -1.21. The fourth-order valence-corrected chi connectivity index (χ4v) is 5.09. The Kier molecular flexibility index (Phi) is 5.90. The van der Waals surface area contributed by atoms with Crippen molar-refractivity contribution in [1.29, 1.82) is 0 Å². The molecule has 1 aromatic carbocycles. The molecule has 2 heterocycles. The highest BCUT2D eigenvalue weighted by Crippen LogP contribution is 2.53. The second-order valence-electron chi connectivity index (χ2n) is 9.76. The van der Waals surface area contributed by atoms with Gasteiger partial charge in [0.15, 0.2) is 17.3 Å². The van der Waals surface area contributed by atoms with Crippen LogP contribution in [0.25, 0.3) is 0 Å². The molecule has 3 atom stereocenters. The molecule has 1 aromatic heterocycles. The molecule has 1 aliphatic heterocycles. The first-order valence-electron chi connectivity index (χ1n) is 11.3. The van der Waals surface area contributed by atoms with Gasteiger partial charge in [0, 0.05) is 18.9 Å². The van der Waals surface area contributed by atoms with E-state index in [4.69, 9.17) is 25.5 Å². The summed E-state index contributed by atoms with van der Waals surface area (Å²) in [5.41, 5.74) is -1.07. The maximum atomic E-state index is 14.7. The molecule has 1 N–H and O–H groups in total. The van der Waals surface area contributed by atoms with Crippen LogP contribution in [-0.2, 0) is 11.2 Å². The predicted octanol–water partition coefficient (Wildman–Crippen LogP) is 5.23. The van der Waals surface area contributed by atoms with Gasteiger partial charge in [0.05, 0.1) is 24.2 Å². The zero-order chi connectivity index (χ0) is 25.1. The minimum absolute atomic E-state index is 0.0439. The lowest BCUT2D eigenvalue weighted by Crippen LogP contribution is -2.61. The number of nitrogens with one attached hydrogen (secondary N) is 1. The van der Waals surface area contributed by atoms with Gasteiger partial charge in [0.1, 0.15) is 17.8 Å². The van der Waals surface area contributed by atoms with E-state index < -0.39 is 41.4 Å². The summed E-state index contributed by atoms with van der Waals surface area (Å²) in [6, 6.07) is 2.18. The Labute approximate surface area is 203 Å². The number of fused-ring (bicyclic) bond motifs is 1. The van der Waals surface area contributed by atoms with Crippen LogP contribution in [0.4, 0.5) is 29.3 Å². The number of carbonyl (C=O) groups excluding carboxylic acids is 1. The molecule has 1 saturated heterocycles. The molecule has 3 aliphatic rings. The van der Waals surface area contributed by atoms with Crippen molar-refractivity contribution in [3.63, 3.8) is 0 Å². The number of carbonyl (C=O) groups is 1. The van der Waals surface area contributed by atoms with E-state index in [1.165, 1.54) is 19.6 Å². The van der Waals surface area contributed by atoms with Crippen LogP contribution >= 0.6 is 11.6 Å². The SMILES string of the molecule is COC1(C)CN(c2nc(C(=O)Nc3cc(F)c(OC4CC5C[C@H]5C4)c(Cl)c3)c(CC(F)(F)F)o2)C1. The van der Waals surface area contributed by atoms with Crippen LogP contribution in [0.2, 0.25) is 5.02 Å². The molecule has 1 amide bonds. The number of anilines is 2. The average Bonchev–Trinajstić information content (AvgIpc) is 3.14. The van der Waals surface area contributed by atoms with E-state index in [9.17, 15) is 22.4 Å². The number of halogens is 5. The van der Waals surface area contributed by atoms with Gasteiger partial charge in [0.25, 0.3) is 11.9 Å². The Morgan fingerprint density at radius 1 is 1.29 bits per heavy atom. The minimum Gasteiger partial charge on any atom is -0.486 e. The molecule has 2 unspecified atom stereocenters. The third-order valence-electron chi connectivity index (χ3n) is 6.82. The molecule has 7 nitrogen and oxygen atoms in total. The number of amides is 1. The highest BCUT2D eigenvalue weighted by Gasteiger charge is 2.47. The molecule has 12 heteroatoms. The number of alkyl halides is 3. The van der Waals surface area contributed by atoms with Crippen LogP contribution < -0.4 is 15.0 Å². The van der Waals surface area contributed by atoms with Crippen molar-refractivity contribution in [3.05, 3.63) is 34.4 Å². The van der Waals surface area contributed by atoms with E-state index in [2.05, 4.69) is 10.3 Å². The van der Waals surface area contributed by atoms with Crippen LogP contribution in [0, 0.1) is 17.7 Å². The predicted molar refractivity (Wildman–Crippen MR) is 118 cm³/mol. The minimum atomic E-state index is -4.63. The first-order valence-corrected chi connectivity index (χ1v) is 11.6. The molecule has 190 valence electrons. The zero-order valence-electron chi connectivity index (χ0n) is 19.0. The van der Waals surface area contributed by atoms with Crippen molar-refractivity contribution in [2.75, 3.05) is 30.4 Å². The Morgan fingerprint density at radius 3 is 2.57 bits per heavy atom. The van der Waals surface area contributed by atoms with E-state index in [-0.39, 0.29) is 28.6 Å². The number of benzene rings is 1. The summed E-state index contributed by atoms with van der Waals surface area (Å²) in [5, 5.41) is 2.32. The molecule has 0 spiro atoms. The van der Waals surface area contributed by atoms with Gasteiger partial charge in [-0.1, -0.05) is 11.6 Å². The van der Waals surface area contributed by atoms with E-state index >= 15 is 0 Å². The van der Waals surface area contributed by atoms with E-state index in [1.807, 2.05) is 6.92 Å². The summed E-state index contributed by atoms with van der Waals surface area (Å²) in [6.07, 6.45) is -3.32. The monoisotopic (exact) mass is 517 g/mol. The third kappa shape index (κ3) is 5.06. The molecule has 3 fully saturated rings. The number of nitrogens with zero attached hydrogens (tertiary/aromatic N) is 2. The van der Waals surface area contributed by atoms with Gasteiger partial charge in [-0.2, -0.15) is 18.2 Å². The second kappa shape index (κ2) is 8.55. The van der Waals surface area contributed by atoms with E-state index in [0.29, 0.717) is 24.9 Å². The van der Waals surface area contributed by atoms with Gasteiger partial charge < -0.3 is 24.1 Å². The Hall–Kier alpha value is -2.53. The Morgan fingerprint density at radius 2 is 1.97 bits per heavy atom. The first kappa shape index (κ1) is 24.2. The summed E-state index contributed by atoms with van der Waals surface area (Å²) in [7, 11) is 1.53. The fourth-order valence-electron chi connectivity index (χ4n) is 4.84. The van der Waals surface area contributed by atoms with Gasteiger partial charge >= 0.3 is 6.18 Å². The lowest BCUT2D eigenvalue weighted by Gasteiger charge is -2.45. The highest BCUT2D eigenvalue weighted by molar-refractivity contribution is 6.32. The molecule has 0 radical (unpaired) electrons. The largest absolute Gasteiger partial charge is 0.486 e. The summed E-state index contributed by atoms with van der Waals surface area (Å²) >= 11 is 6.20. The number of ether oxygens (including phenoxy) is 2. The van der Waals surface area contributed by atoms with Crippen LogP contribution in [0.5, 0.6) is 5.75 Å². The molecule has 35 heavy (non-hydrogen) atoms. The van der Waals surface area contributed by atoms with Gasteiger partial charge in [-0.3, -0.25) is 4.79 Å². The highest BCUT2D eigenvalue weighted by atomic mass is 35.5. The Balaban J connectivity index is 1.32. The standard InChI is InChI=1S/C23H24ClF4N3O4/c1-22(33-2)9-31(10-22)21-30-18(17(35-21)8-23(26,27)28)20(32)29-13-6-15(24)19(16(25)7-13)34-14-4-11-3-12(11)5-14/h6-7,11-12,14H,3-5,8-10H2,1-2H3,(H,29,32)/t11-,12?,14?/m0/s1. The molecule has 0 bridgehead atoms. The lowest BCUT2D eigenvalue weighted by molar-refractivity contribution is -0.130. The maximum absolute atomic E-state index is 14.7. The number of methoxy groups -OCH3 is 1. The number of rotatable bonds is 7. The van der Waals surface area contributed by atoms with Crippen LogP contribution in [0.3, 0.4) is 0 Å². The Bertz CT molecular complexity index is 1120. The number of aromatic nitrogens is 1. The topological polar surface area (TPSA) is 76.8 Å². The fraction of sp³-hybridized carbons (Fsp3) is 0.565. The first-order chi connectivity index (χ1) is 16.4.